The van der Waals surface area contributed by atoms with Gasteiger partial charge in [-0.05, 0) is 83.1 Å². The normalized spacial score (nSPS) is 15.9. The molecule has 1 fully saturated rings. The minimum atomic E-state index is -0.157. The van der Waals surface area contributed by atoms with E-state index in [1.807, 2.05) is 68.6 Å². The lowest BCUT2D eigenvalue weighted by Crippen LogP contribution is -2.46. The zero-order valence-corrected chi connectivity index (χ0v) is 18.1. The predicted octanol–water partition coefficient (Wildman–Crippen LogP) is 4.55. The van der Waals surface area contributed by atoms with Gasteiger partial charge in [0.2, 0.25) is 5.91 Å². The molecular weight excluding hydrogens is 386 g/mol. The van der Waals surface area contributed by atoms with Crippen LogP contribution in [0.2, 0.25) is 0 Å². The molecule has 1 aliphatic rings. The molecule has 0 aliphatic carbocycles. The lowest BCUT2D eigenvalue weighted by atomic mass is 9.93. The van der Waals surface area contributed by atoms with Crippen LogP contribution in [-0.4, -0.2) is 43.5 Å². The van der Waals surface area contributed by atoms with Gasteiger partial charge in [-0.1, -0.05) is 30.3 Å². The highest BCUT2D eigenvalue weighted by molar-refractivity contribution is 5.95. The Morgan fingerprint density at radius 1 is 1.10 bits per heavy atom. The number of carbonyl (C=O) groups excluding carboxylic acids is 1. The van der Waals surface area contributed by atoms with Crippen molar-refractivity contribution in [3.63, 3.8) is 0 Å². The Hall–Kier alpha value is -2.08. The number of benzene rings is 2. The second-order valence-electron chi connectivity index (χ2n) is 7.45. The Kier molecular flexibility index (Phi) is 9.45. The molecule has 3 rings (SSSR count). The molecule has 0 spiro atoms. The van der Waals surface area contributed by atoms with Crippen molar-refractivity contribution in [2.75, 3.05) is 32.0 Å². The molecule has 2 aromatic carbocycles. The maximum atomic E-state index is 12.9. The third-order valence-corrected chi connectivity index (χ3v) is 5.49. The highest BCUT2D eigenvalue weighted by Gasteiger charge is 2.26. The molecule has 29 heavy (non-hydrogen) atoms. The Balaban J connectivity index is 0.00000300. The second-order valence-corrected chi connectivity index (χ2v) is 7.45. The molecule has 1 saturated heterocycles. The van der Waals surface area contributed by atoms with Gasteiger partial charge in [0.25, 0.3) is 0 Å². The van der Waals surface area contributed by atoms with Crippen molar-refractivity contribution in [1.29, 1.82) is 0 Å². The third kappa shape index (κ3) is 6.74. The molecule has 2 aromatic rings. The maximum Gasteiger partial charge on any atom is 0.241 e. The molecule has 0 bridgehead atoms. The number of likely N-dealkylation sites (tertiary alicyclic amines) is 1. The minimum absolute atomic E-state index is 0. The van der Waals surface area contributed by atoms with Gasteiger partial charge in [-0.25, -0.2) is 0 Å². The van der Waals surface area contributed by atoms with Crippen molar-refractivity contribution in [3.05, 3.63) is 54.6 Å². The number of piperidine rings is 1. The van der Waals surface area contributed by atoms with Crippen molar-refractivity contribution < 1.29 is 9.53 Å². The highest BCUT2D eigenvalue weighted by Crippen LogP contribution is 2.29. The summed E-state index contributed by atoms with van der Waals surface area (Å²) in [5.74, 6) is 2.18. The van der Waals surface area contributed by atoms with E-state index in [1.165, 1.54) is 6.42 Å². The number of para-hydroxylation sites is 3. The maximum absolute atomic E-state index is 12.9. The summed E-state index contributed by atoms with van der Waals surface area (Å²) in [5.41, 5.74) is 0.701. The quantitative estimate of drug-likeness (QED) is 0.661. The molecule has 158 valence electrons. The number of hydrogen-bond donors (Lipinski definition) is 2. The molecular formula is C23H32ClN3O2. The van der Waals surface area contributed by atoms with E-state index in [1.54, 1.807) is 0 Å². The van der Waals surface area contributed by atoms with E-state index in [0.29, 0.717) is 11.4 Å². The number of carbonyl (C=O) groups is 1. The highest BCUT2D eigenvalue weighted by atomic mass is 35.5. The SMILES string of the molecule is CNCCC1CCN(C(C)C(=O)Nc2ccccc2Oc2ccccc2)CC1.Cl. The number of halogens is 1. The van der Waals surface area contributed by atoms with Crippen LogP contribution >= 0.6 is 12.4 Å². The van der Waals surface area contributed by atoms with Crippen LogP contribution in [0.15, 0.2) is 54.6 Å². The second kappa shape index (κ2) is 11.8. The average molecular weight is 418 g/mol. The van der Waals surface area contributed by atoms with E-state index in [0.717, 1.165) is 44.1 Å². The van der Waals surface area contributed by atoms with Gasteiger partial charge in [0.15, 0.2) is 5.75 Å². The Labute approximate surface area is 180 Å². The van der Waals surface area contributed by atoms with Gasteiger partial charge in [0.05, 0.1) is 11.7 Å². The fraction of sp³-hybridized carbons (Fsp3) is 0.435. The Morgan fingerprint density at radius 3 is 2.45 bits per heavy atom. The van der Waals surface area contributed by atoms with E-state index in [9.17, 15) is 4.79 Å². The van der Waals surface area contributed by atoms with Gasteiger partial charge < -0.3 is 15.4 Å². The molecule has 0 saturated carbocycles. The zero-order valence-electron chi connectivity index (χ0n) is 17.3. The van der Waals surface area contributed by atoms with E-state index in [4.69, 9.17) is 4.74 Å². The molecule has 2 N–H and O–H groups in total. The summed E-state index contributed by atoms with van der Waals surface area (Å²) in [4.78, 5) is 15.1. The fourth-order valence-electron chi connectivity index (χ4n) is 3.65. The number of rotatable bonds is 8. The van der Waals surface area contributed by atoms with Crippen molar-refractivity contribution in [3.8, 4) is 11.5 Å². The molecule has 1 atom stereocenters. The van der Waals surface area contributed by atoms with Gasteiger partial charge >= 0.3 is 0 Å². The first-order valence-electron chi connectivity index (χ1n) is 10.2. The standard InChI is InChI=1S/C23H31N3O2.ClH/c1-18(26-16-13-19(14-17-26)12-15-24-2)23(27)25-21-10-6-7-11-22(21)28-20-8-4-3-5-9-20;/h3-11,18-19,24H,12-17H2,1-2H3,(H,25,27);1H. The monoisotopic (exact) mass is 417 g/mol. The summed E-state index contributed by atoms with van der Waals surface area (Å²) in [7, 11) is 2.00. The molecule has 1 aliphatic heterocycles. The zero-order chi connectivity index (χ0) is 19.8. The van der Waals surface area contributed by atoms with Crippen molar-refractivity contribution in [2.24, 2.45) is 5.92 Å². The first kappa shape index (κ1) is 23.2. The number of amides is 1. The van der Waals surface area contributed by atoms with Gasteiger partial charge in [-0.15, -0.1) is 12.4 Å². The van der Waals surface area contributed by atoms with E-state index in [-0.39, 0.29) is 24.4 Å². The van der Waals surface area contributed by atoms with Crippen LogP contribution in [0.5, 0.6) is 11.5 Å². The van der Waals surface area contributed by atoms with E-state index in [2.05, 4.69) is 15.5 Å². The molecule has 1 heterocycles. The lowest BCUT2D eigenvalue weighted by molar-refractivity contribution is -0.121. The van der Waals surface area contributed by atoms with Crippen LogP contribution in [0, 0.1) is 5.92 Å². The average Bonchev–Trinajstić information content (AvgIpc) is 2.74. The summed E-state index contributed by atoms with van der Waals surface area (Å²) in [6.07, 6.45) is 3.54. The van der Waals surface area contributed by atoms with Crippen LogP contribution in [-0.2, 0) is 4.79 Å². The third-order valence-electron chi connectivity index (χ3n) is 5.49. The van der Waals surface area contributed by atoms with Crippen LogP contribution in [0.4, 0.5) is 5.69 Å². The topological polar surface area (TPSA) is 53.6 Å². The van der Waals surface area contributed by atoms with Gasteiger partial charge in [0.1, 0.15) is 5.75 Å². The molecule has 5 nitrogen and oxygen atoms in total. The summed E-state index contributed by atoms with van der Waals surface area (Å²) < 4.78 is 5.95. The Morgan fingerprint density at radius 2 is 1.76 bits per heavy atom. The Bertz CT molecular complexity index is 749. The van der Waals surface area contributed by atoms with Crippen LogP contribution in [0.25, 0.3) is 0 Å². The van der Waals surface area contributed by atoms with E-state index >= 15 is 0 Å². The smallest absolute Gasteiger partial charge is 0.241 e. The molecule has 6 heteroatoms. The van der Waals surface area contributed by atoms with E-state index < -0.39 is 0 Å². The number of nitrogens with one attached hydrogen (secondary N) is 2. The number of anilines is 1. The number of hydrogen-bond acceptors (Lipinski definition) is 4. The lowest BCUT2D eigenvalue weighted by Gasteiger charge is -2.35. The van der Waals surface area contributed by atoms with Crippen LogP contribution in [0.3, 0.4) is 0 Å². The summed E-state index contributed by atoms with van der Waals surface area (Å²) in [6.45, 7) is 5.01. The molecule has 1 unspecified atom stereocenters. The van der Waals surface area contributed by atoms with Crippen molar-refractivity contribution in [1.82, 2.24) is 10.2 Å². The number of ether oxygens (including phenoxy) is 1. The van der Waals surface area contributed by atoms with Crippen LogP contribution in [0.1, 0.15) is 26.2 Å². The minimum Gasteiger partial charge on any atom is -0.455 e. The summed E-state index contributed by atoms with van der Waals surface area (Å²) in [5, 5.41) is 6.29. The molecule has 0 radical (unpaired) electrons. The first-order chi connectivity index (χ1) is 13.7. The molecule has 0 aromatic heterocycles. The largest absolute Gasteiger partial charge is 0.455 e. The molecule has 1 amide bonds. The van der Waals surface area contributed by atoms with Crippen LogP contribution < -0.4 is 15.4 Å². The van der Waals surface area contributed by atoms with Gasteiger partial charge in [-0.3, -0.25) is 9.69 Å². The van der Waals surface area contributed by atoms with Crippen molar-refractivity contribution in [2.45, 2.75) is 32.2 Å². The summed E-state index contributed by atoms with van der Waals surface area (Å²) >= 11 is 0. The number of nitrogens with zero attached hydrogens (tertiary/aromatic N) is 1. The summed E-state index contributed by atoms with van der Waals surface area (Å²) in [6, 6.07) is 17.0. The van der Waals surface area contributed by atoms with Gasteiger partial charge in [0, 0.05) is 0 Å². The fourth-order valence-corrected chi connectivity index (χ4v) is 3.65. The van der Waals surface area contributed by atoms with Gasteiger partial charge in [-0.2, -0.15) is 0 Å². The predicted molar refractivity (Wildman–Crippen MR) is 121 cm³/mol. The first-order valence-corrected chi connectivity index (χ1v) is 10.2. The van der Waals surface area contributed by atoms with Crippen molar-refractivity contribution >= 4 is 24.0 Å².